The van der Waals surface area contributed by atoms with Gasteiger partial charge in [0.25, 0.3) is 0 Å². The Morgan fingerprint density at radius 3 is 2.64 bits per heavy atom. The van der Waals surface area contributed by atoms with Crippen LogP contribution in [0.2, 0.25) is 0 Å². The second-order valence-corrected chi connectivity index (χ2v) is 3.37. The molecule has 2 heteroatoms. The molecule has 0 unspecified atom stereocenters. The maximum absolute atomic E-state index is 10.8. The van der Waals surface area contributed by atoms with Crippen LogP contribution in [0, 0.1) is 11.8 Å². The van der Waals surface area contributed by atoms with Crippen LogP contribution in [0.1, 0.15) is 26.7 Å². The van der Waals surface area contributed by atoms with Crippen LogP contribution in [0.5, 0.6) is 0 Å². The summed E-state index contributed by atoms with van der Waals surface area (Å²) in [5, 5.41) is 0. The standard InChI is InChI=1S/C9H16O2/c1-3-8-5-11-6-9(8)4-7(2)10/h8-9H,3-6H2,1-2H3/t8-,9+/m1/s1. The molecule has 0 saturated carbocycles. The lowest BCUT2D eigenvalue weighted by molar-refractivity contribution is -0.118. The molecule has 1 fully saturated rings. The Balaban J connectivity index is 2.37. The molecule has 0 aromatic heterocycles. The van der Waals surface area contributed by atoms with E-state index in [0.717, 1.165) is 19.6 Å². The van der Waals surface area contributed by atoms with E-state index < -0.39 is 0 Å². The van der Waals surface area contributed by atoms with E-state index in [-0.39, 0.29) is 0 Å². The zero-order valence-corrected chi connectivity index (χ0v) is 7.30. The Labute approximate surface area is 67.9 Å². The number of Topliss-reactive ketones (excluding diaryl/α,β-unsaturated/α-hetero) is 1. The molecule has 0 aromatic carbocycles. The number of ketones is 1. The van der Waals surface area contributed by atoms with Crippen molar-refractivity contribution in [1.82, 2.24) is 0 Å². The number of rotatable bonds is 3. The molecule has 0 radical (unpaired) electrons. The molecule has 11 heavy (non-hydrogen) atoms. The summed E-state index contributed by atoms with van der Waals surface area (Å²) in [6.07, 6.45) is 1.84. The minimum atomic E-state index is 0.291. The van der Waals surface area contributed by atoms with E-state index in [0.29, 0.717) is 24.0 Å². The molecular formula is C9H16O2. The van der Waals surface area contributed by atoms with E-state index in [9.17, 15) is 4.79 Å². The number of carbonyl (C=O) groups is 1. The smallest absolute Gasteiger partial charge is 0.130 e. The van der Waals surface area contributed by atoms with E-state index >= 15 is 0 Å². The van der Waals surface area contributed by atoms with Crippen LogP contribution in [-0.2, 0) is 9.53 Å². The largest absolute Gasteiger partial charge is 0.381 e. The third-order valence-corrected chi connectivity index (χ3v) is 2.40. The van der Waals surface area contributed by atoms with Gasteiger partial charge < -0.3 is 9.53 Å². The highest BCUT2D eigenvalue weighted by molar-refractivity contribution is 5.75. The summed E-state index contributed by atoms with van der Waals surface area (Å²) in [4.78, 5) is 10.8. The van der Waals surface area contributed by atoms with Gasteiger partial charge >= 0.3 is 0 Å². The van der Waals surface area contributed by atoms with Crippen molar-refractivity contribution in [2.24, 2.45) is 11.8 Å². The van der Waals surface area contributed by atoms with Gasteiger partial charge in [0.2, 0.25) is 0 Å². The van der Waals surface area contributed by atoms with Gasteiger partial charge in [-0.1, -0.05) is 13.3 Å². The highest BCUT2D eigenvalue weighted by Crippen LogP contribution is 2.26. The van der Waals surface area contributed by atoms with Crippen LogP contribution in [0.25, 0.3) is 0 Å². The van der Waals surface area contributed by atoms with E-state index in [1.54, 1.807) is 6.92 Å². The molecule has 0 N–H and O–H groups in total. The van der Waals surface area contributed by atoms with Crippen LogP contribution in [0.15, 0.2) is 0 Å². The summed E-state index contributed by atoms with van der Waals surface area (Å²) in [5.41, 5.74) is 0. The molecule has 0 amide bonds. The second-order valence-electron chi connectivity index (χ2n) is 3.37. The fourth-order valence-corrected chi connectivity index (χ4v) is 1.69. The van der Waals surface area contributed by atoms with Crippen molar-refractivity contribution in [2.45, 2.75) is 26.7 Å². The van der Waals surface area contributed by atoms with Crippen LogP contribution < -0.4 is 0 Å². The minimum Gasteiger partial charge on any atom is -0.381 e. The first kappa shape index (κ1) is 8.72. The lowest BCUT2D eigenvalue weighted by Crippen LogP contribution is -2.14. The molecule has 1 rings (SSSR count). The predicted octanol–water partition coefficient (Wildman–Crippen LogP) is 1.64. The zero-order valence-electron chi connectivity index (χ0n) is 7.30. The van der Waals surface area contributed by atoms with Crippen molar-refractivity contribution >= 4 is 5.78 Å². The van der Waals surface area contributed by atoms with Crippen molar-refractivity contribution in [1.29, 1.82) is 0 Å². The first-order valence-corrected chi connectivity index (χ1v) is 4.31. The predicted molar refractivity (Wildman–Crippen MR) is 43.4 cm³/mol. The minimum absolute atomic E-state index is 0.291. The third-order valence-electron chi connectivity index (χ3n) is 2.40. The van der Waals surface area contributed by atoms with E-state index in [2.05, 4.69) is 6.92 Å². The molecule has 1 heterocycles. The van der Waals surface area contributed by atoms with Crippen molar-refractivity contribution in [2.75, 3.05) is 13.2 Å². The molecule has 1 saturated heterocycles. The van der Waals surface area contributed by atoms with Crippen molar-refractivity contribution in [3.8, 4) is 0 Å². The Morgan fingerprint density at radius 1 is 1.45 bits per heavy atom. The van der Waals surface area contributed by atoms with Gasteiger partial charge in [0.1, 0.15) is 5.78 Å². The molecule has 0 spiro atoms. The Kier molecular flexibility index (Phi) is 3.06. The van der Waals surface area contributed by atoms with Gasteiger partial charge in [-0.15, -0.1) is 0 Å². The summed E-state index contributed by atoms with van der Waals surface area (Å²) < 4.78 is 5.31. The first-order chi connectivity index (χ1) is 5.24. The molecule has 64 valence electrons. The van der Waals surface area contributed by atoms with Gasteiger partial charge in [-0.3, -0.25) is 0 Å². The topological polar surface area (TPSA) is 26.3 Å². The van der Waals surface area contributed by atoms with Gasteiger partial charge in [-0.05, 0) is 18.8 Å². The maximum atomic E-state index is 10.8. The molecule has 2 atom stereocenters. The second kappa shape index (κ2) is 3.86. The molecule has 0 aromatic rings. The Hall–Kier alpha value is -0.370. The van der Waals surface area contributed by atoms with E-state index in [1.165, 1.54) is 0 Å². The van der Waals surface area contributed by atoms with Gasteiger partial charge in [0.15, 0.2) is 0 Å². The maximum Gasteiger partial charge on any atom is 0.130 e. The first-order valence-electron chi connectivity index (χ1n) is 4.31. The summed E-state index contributed by atoms with van der Waals surface area (Å²) in [6, 6.07) is 0. The molecule has 1 aliphatic rings. The zero-order chi connectivity index (χ0) is 8.27. The average Bonchev–Trinajstić information content (AvgIpc) is 2.34. The molecular weight excluding hydrogens is 140 g/mol. The average molecular weight is 156 g/mol. The number of ether oxygens (including phenoxy) is 1. The van der Waals surface area contributed by atoms with Gasteiger partial charge in [0, 0.05) is 13.0 Å². The normalized spacial score (nSPS) is 30.7. The van der Waals surface area contributed by atoms with Crippen LogP contribution in [0.4, 0.5) is 0 Å². The lowest BCUT2D eigenvalue weighted by Gasteiger charge is -2.12. The summed E-state index contributed by atoms with van der Waals surface area (Å²) in [7, 11) is 0. The molecule has 2 nitrogen and oxygen atoms in total. The third kappa shape index (κ3) is 2.29. The fourth-order valence-electron chi connectivity index (χ4n) is 1.69. The Morgan fingerprint density at radius 2 is 2.09 bits per heavy atom. The monoisotopic (exact) mass is 156 g/mol. The number of hydrogen-bond donors (Lipinski definition) is 0. The highest BCUT2D eigenvalue weighted by Gasteiger charge is 2.27. The van der Waals surface area contributed by atoms with Gasteiger partial charge in [0.05, 0.1) is 6.61 Å². The highest BCUT2D eigenvalue weighted by atomic mass is 16.5. The van der Waals surface area contributed by atoms with E-state index in [4.69, 9.17) is 4.74 Å². The number of carbonyl (C=O) groups excluding carboxylic acids is 1. The van der Waals surface area contributed by atoms with Crippen molar-refractivity contribution < 1.29 is 9.53 Å². The van der Waals surface area contributed by atoms with Gasteiger partial charge in [-0.25, -0.2) is 0 Å². The summed E-state index contributed by atoms with van der Waals surface area (Å²) in [6.45, 7) is 5.46. The molecule has 0 aliphatic carbocycles. The lowest BCUT2D eigenvalue weighted by atomic mass is 9.90. The number of hydrogen-bond acceptors (Lipinski definition) is 2. The van der Waals surface area contributed by atoms with Gasteiger partial charge in [-0.2, -0.15) is 0 Å². The summed E-state index contributed by atoms with van der Waals surface area (Å²) >= 11 is 0. The molecule has 1 aliphatic heterocycles. The fraction of sp³-hybridized carbons (Fsp3) is 0.889. The van der Waals surface area contributed by atoms with Crippen molar-refractivity contribution in [3.05, 3.63) is 0 Å². The van der Waals surface area contributed by atoms with Crippen molar-refractivity contribution in [3.63, 3.8) is 0 Å². The summed E-state index contributed by atoms with van der Waals surface area (Å²) in [5.74, 6) is 1.41. The van der Waals surface area contributed by atoms with E-state index in [1.807, 2.05) is 0 Å². The molecule has 0 bridgehead atoms. The quantitative estimate of drug-likeness (QED) is 0.621. The van der Waals surface area contributed by atoms with Crippen LogP contribution in [0.3, 0.4) is 0 Å². The van der Waals surface area contributed by atoms with Crippen LogP contribution in [-0.4, -0.2) is 19.0 Å². The van der Waals surface area contributed by atoms with Crippen LogP contribution >= 0.6 is 0 Å². The SMILES string of the molecule is CC[C@@H]1COC[C@@H]1CC(C)=O. The Bertz CT molecular complexity index is 142.